The molecule has 1 aromatic carbocycles. The lowest BCUT2D eigenvalue weighted by molar-refractivity contribution is 0.415. The highest BCUT2D eigenvalue weighted by Crippen LogP contribution is 2.28. The number of hydrogen-bond donors (Lipinski definition) is 2. The van der Waals surface area contributed by atoms with Crippen molar-refractivity contribution in [3.63, 3.8) is 0 Å². The Balaban J connectivity index is 1.96. The average Bonchev–Trinajstić information content (AvgIpc) is 2.88. The van der Waals surface area contributed by atoms with Crippen LogP contribution in [-0.4, -0.2) is 23.9 Å². The van der Waals surface area contributed by atoms with Crippen LogP contribution in [-0.2, 0) is 6.54 Å². The van der Waals surface area contributed by atoms with Crippen LogP contribution in [0.5, 0.6) is 5.75 Å². The Bertz CT molecular complexity index is 586. The number of anilines is 2. The van der Waals surface area contributed by atoms with Gasteiger partial charge in [0.25, 0.3) is 0 Å². The highest BCUT2D eigenvalue weighted by Gasteiger charge is 2.08. The second kappa shape index (κ2) is 7.28. The summed E-state index contributed by atoms with van der Waals surface area (Å²) in [6.07, 6.45) is 0. The molecular weight excluding hydrogens is 292 g/mol. The van der Waals surface area contributed by atoms with E-state index in [4.69, 9.17) is 20.8 Å². The van der Waals surface area contributed by atoms with Gasteiger partial charge in [0.15, 0.2) is 0 Å². The van der Waals surface area contributed by atoms with Crippen LogP contribution in [0.1, 0.15) is 19.7 Å². The van der Waals surface area contributed by atoms with Gasteiger partial charge in [-0.1, -0.05) is 30.5 Å². The zero-order valence-electron chi connectivity index (χ0n) is 12.3. The number of nitrogens with zero attached hydrogens (tertiary/aromatic N) is 2. The minimum absolute atomic E-state index is 0.334. The second-order valence-electron chi connectivity index (χ2n) is 5.00. The third-order valence-corrected chi connectivity index (χ3v) is 3.01. The van der Waals surface area contributed by atoms with E-state index in [1.54, 1.807) is 19.2 Å². The van der Waals surface area contributed by atoms with E-state index in [1.807, 2.05) is 6.07 Å². The first kappa shape index (κ1) is 15.6. The number of halogens is 1. The third kappa shape index (κ3) is 4.61. The van der Waals surface area contributed by atoms with Crippen LogP contribution >= 0.6 is 11.6 Å². The lowest BCUT2D eigenvalue weighted by atomic mass is 10.2. The van der Waals surface area contributed by atoms with Gasteiger partial charge in [-0.05, 0) is 24.6 Å². The molecule has 0 aliphatic rings. The second-order valence-corrected chi connectivity index (χ2v) is 5.41. The molecular formula is C14H19ClN4O2. The Kier molecular flexibility index (Phi) is 5.41. The highest BCUT2D eigenvalue weighted by atomic mass is 35.5. The summed E-state index contributed by atoms with van der Waals surface area (Å²) in [5.74, 6) is 1.70. The van der Waals surface area contributed by atoms with Gasteiger partial charge in [-0.15, -0.1) is 5.10 Å². The molecule has 2 N–H and O–H groups in total. The summed E-state index contributed by atoms with van der Waals surface area (Å²) < 4.78 is 10.7. The Morgan fingerprint density at radius 1 is 1.33 bits per heavy atom. The maximum absolute atomic E-state index is 5.97. The molecule has 0 atom stereocenters. The van der Waals surface area contributed by atoms with Crippen LogP contribution in [0.25, 0.3) is 0 Å². The molecule has 0 saturated heterocycles. The van der Waals surface area contributed by atoms with Crippen molar-refractivity contribution < 1.29 is 9.15 Å². The van der Waals surface area contributed by atoms with E-state index in [2.05, 4.69) is 34.7 Å². The Hall–Kier alpha value is -1.79. The van der Waals surface area contributed by atoms with Crippen LogP contribution in [0.2, 0.25) is 5.02 Å². The SMILES string of the molecule is COc1cc(Nc2nnc(CNCC(C)C)o2)ccc1Cl. The predicted octanol–water partition coefficient (Wildman–Crippen LogP) is 3.22. The molecule has 114 valence electrons. The molecule has 6 nitrogen and oxygen atoms in total. The van der Waals surface area contributed by atoms with Gasteiger partial charge in [0.05, 0.1) is 18.7 Å². The first-order valence-corrected chi connectivity index (χ1v) is 7.10. The molecule has 0 spiro atoms. The number of hydrogen-bond acceptors (Lipinski definition) is 6. The quantitative estimate of drug-likeness (QED) is 0.818. The van der Waals surface area contributed by atoms with E-state index in [1.165, 1.54) is 0 Å². The molecule has 1 aromatic heterocycles. The molecule has 7 heteroatoms. The smallest absolute Gasteiger partial charge is 0.320 e. The molecule has 0 radical (unpaired) electrons. The van der Waals surface area contributed by atoms with Crippen LogP contribution in [0.3, 0.4) is 0 Å². The van der Waals surface area contributed by atoms with Crippen molar-refractivity contribution in [1.82, 2.24) is 15.5 Å². The van der Waals surface area contributed by atoms with Crippen molar-refractivity contribution in [2.24, 2.45) is 5.92 Å². The van der Waals surface area contributed by atoms with Crippen molar-refractivity contribution in [2.75, 3.05) is 19.0 Å². The molecule has 0 unspecified atom stereocenters. The molecule has 1 heterocycles. The molecule has 0 aliphatic carbocycles. The van der Waals surface area contributed by atoms with Gasteiger partial charge in [0, 0.05) is 11.8 Å². The molecule has 0 aliphatic heterocycles. The summed E-state index contributed by atoms with van der Waals surface area (Å²) in [7, 11) is 1.57. The number of nitrogens with one attached hydrogen (secondary N) is 2. The predicted molar refractivity (Wildman–Crippen MR) is 82.1 cm³/mol. The maximum Gasteiger partial charge on any atom is 0.320 e. The zero-order valence-corrected chi connectivity index (χ0v) is 13.1. The summed E-state index contributed by atoms with van der Waals surface area (Å²) in [5.41, 5.74) is 0.765. The lowest BCUT2D eigenvalue weighted by Gasteiger charge is -2.06. The fraction of sp³-hybridized carbons (Fsp3) is 0.429. The van der Waals surface area contributed by atoms with Crippen LogP contribution in [0.4, 0.5) is 11.7 Å². The summed E-state index contributed by atoms with van der Waals surface area (Å²) in [6, 6.07) is 5.65. The molecule has 0 amide bonds. The van der Waals surface area contributed by atoms with Crippen LogP contribution in [0.15, 0.2) is 22.6 Å². The Morgan fingerprint density at radius 2 is 2.14 bits per heavy atom. The number of methoxy groups -OCH3 is 1. The lowest BCUT2D eigenvalue weighted by Crippen LogP contribution is -2.19. The Morgan fingerprint density at radius 3 is 2.86 bits per heavy atom. The number of aromatic nitrogens is 2. The largest absolute Gasteiger partial charge is 0.495 e. The first-order valence-electron chi connectivity index (χ1n) is 6.72. The molecule has 21 heavy (non-hydrogen) atoms. The highest BCUT2D eigenvalue weighted by molar-refractivity contribution is 6.32. The van der Waals surface area contributed by atoms with Crippen molar-refractivity contribution in [1.29, 1.82) is 0 Å². The summed E-state index contributed by atoms with van der Waals surface area (Å²) >= 11 is 5.97. The van der Waals surface area contributed by atoms with Gasteiger partial charge >= 0.3 is 6.01 Å². The van der Waals surface area contributed by atoms with Gasteiger partial charge in [-0.2, -0.15) is 0 Å². The Labute approximate surface area is 128 Å². The monoisotopic (exact) mass is 310 g/mol. The van der Waals surface area contributed by atoms with Crippen LogP contribution < -0.4 is 15.4 Å². The molecule has 0 saturated carbocycles. The van der Waals surface area contributed by atoms with E-state index in [0.717, 1.165) is 12.2 Å². The van der Waals surface area contributed by atoms with E-state index in [-0.39, 0.29) is 0 Å². The van der Waals surface area contributed by atoms with Gasteiger partial charge < -0.3 is 19.8 Å². The zero-order chi connectivity index (χ0) is 15.2. The van der Waals surface area contributed by atoms with E-state index >= 15 is 0 Å². The van der Waals surface area contributed by atoms with Gasteiger partial charge in [-0.3, -0.25) is 0 Å². The minimum Gasteiger partial charge on any atom is -0.495 e. The van der Waals surface area contributed by atoms with Gasteiger partial charge in [-0.25, -0.2) is 0 Å². The minimum atomic E-state index is 0.334. The summed E-state index contributed by atoms with van der Waals surface area (Å²) in [6.45, 7) is 5.74. The molecule has 2 rings (SSSR count). The van der Waals surface area contributed by atoms with Crippen LogP contribution in [0, 0.1) is 5.92 Å². The number of ether oxygens (including phenoxy) is 1. The van der Waals surface area contributed by atoms with E-state index < -0.39 is 0 Å². The third-order valence-electron chi connectivity index (χ3n) is 2.70. The molecule has 0 fully saturated rings. The maximum atomic E-state index is 5.97. The fourth-order valence-electron chi connectivity index (χ4n) is 1.70. The van der Waals surface area contributed by atoms with Crippen molar-refractivity contribution in [3.05, 3.63) is 29.1 Å². The number of benzene rings is 1. The summed E-state index contributed by atoms with van der Waals surface area (Å²) in [5, 5.41) is 14.7. The first-order chi connectivity index (χ1) is 10.1. The van der Waals surface area contributed by atoms with Crippen molar-refractivity contribution in [3.8, 4) is 5.75 Å². The molecule has 2 aromatic rings. The molecule has 0 bridgehead atoms. The van der Waals surface area contributed by atoms with Gasteiger partial charge in [0.2, 0.25) is 5.89 Å². The van der Waals surface area contributed by atoms with E-state index in [9.17, 15) is 0 Å². The van der Waals surface area contributed by atoms with Crippen molar-refractivity contribution in [2.45, 2.75) is 20.4 Å². The topological polar surface area (TPSA) is 72.2 Å². The normalized spacial score (nSPS) is 10.9. The fourth-order valence-corrected chi connectivity index (χ4v) is 1.90. The standard InChI is InChI=1S/C14H19ClN4O2/c1-9(2)7-16-8-13-18-19-14(21-13)17-10-4-5-11(15)12(6-10)20-3/h4-6,9,16H,7-8H2,1-3H3,(H,17,19). The summed E-state index contributed by atoms with van der Waals surface area (Å²) in [4.78, 5) is 0. The van der Waals surface area contributed by atoms with Gasteiger partial charge in [0.1, 0.15) is 5.75 Å². The van der Waals surface area contributed by atoms with Crippen molar-refractivity contribution >= 4 is 23.3 Å². The number of rotatable bonds is 7. The van der Waals surface area contributed by atoms with E-state index in [0.29, 0.717) is 35.1 Å². The average molecular weight is 311 g/mol.